The van der Waals surface area contributed by atoms with Crippen molar-refractivity contribution in [1.29, 1.82) is 0 Å². The summed E-state index contributed by atoms with van der Waals surface area (Å²) in [6, 6.07) is 9.56. The fourth-order valence-electron chi connectivity index (χ4n) is 1.43. The third kappa shape index (κ3) is 2.97. The first-order chi connectivity index (χ1) is 8.61. The fraction of sp³-hybridized carbons (Fsp3) is 0.0769. The summed E-state index contributed by atoms with van der Waals surface area (Å²) in [4.78, 5) is 0. The number of benzene rings is 2. The average Bonchev–Trinajstić information content (AvgIpc) is 2.34. The summed E-state index contributed by atoms with van der Waals surface area (Å²) in [7, 11) is 0. The predicted molar refractivity (Wildman–Crippen MR) is 75.6 cm³/mol. The molecule has 2 rings (SSSR count). The lowest BCUT2D eigenvalue weighted by Crippen LogP contribution is -1.91. The summed E-state index contributed by atoms with van der Waals surface area (Å²) in [5, 5.41) is 1.20. The minimum atomic E-state index is -0.476. The lowest BCUT2D eigenvalue weighted by Gasteiger charge is -2.11. The molecule has 0 aliphatic heterocycles. The molecule has 5 heteroatoms. The van der Waals surface area contributed by atoms with Crippen LogP contribution in [0, 0.1) is 5.82 Å². The lowest BCUT2D eigenvalue weighted by molar-refractivity contribution is 0.477. The molecule has 0 atom stereocenters. The van der Waals surface area contributed by atoms with Crippen molar-refractivity contribution in [2.24, 2.45) is 0 Å². The monoisotopic (exact) mass is 348 g/mol. The standard InChI is InChI=1S/C13H8BrCl2FO/c14-7-9-10(15)2-1-3-13(9)18-8-4-5-12(17)11(16)6-8/h1-6H,7H2. The Morgan fingerprint density at radius 2 is 1.89 bits per heavy atom. The van der Waals surface area contributed by atoms with Gasteiger partial charge in [0, 0.05) is 22.0 Å². The first-order valence-corrected chi connectivity index (χ1v) is 6.96. The van der Waals surface area contributed by atoms with Gasteiger partial charge in [-0.1, -0.05) is 45.2 Å². The van der Waals surface area contributed by atoms with E-state index in [9.17, 15) is 4.39 Å². The molecule has 94 valence electrons. The highest BCUT2D eigenvalue weighted by Crippen LogP contribution is 2.33. The van der Waals surface area contributed by atoms with Crippen molar-refractivity contribution in [3.8, 4) is 11.5 Å². The van der Waals surface area contributed by atoms with E-state index in [1.54, 1.807) is 18.2 Å². The highest BCUT2D eigenvalue weighted by Gasteiger charge is 2.09. The van der Waals surface area contributed by atoms with Crippen LogP contribution in [0.25, 0.3) is 0 Å². The number of hydrogen-bond donors (Lipinski definition) is 0. The predicted octanol–water partition coefficient (Wildman–Crippen LogP) is 5.82. The molecule has 0 radical (unpaired) electrons. The maximum absolute atomic E-state index is 13.0. The number of alkyl halides is 1. The molecular weight excluding hydrogens is 342 g/mol. The Hall–Kier alpha value is -0.770. The van der Waals surface area contributed by atoms with E-state index in [2.05, 4.69) is 15.9 Å². The second-order valence-corrected chi connectivity index (χ2v) is 4.90. The summed E-state index contributed by atoms with van der Waals surface area (Å²) in [5.74, 6) is 0.601. The molecule has 0 heterocycles. The molecule has 2 aromatic carbocycles. The molecule has 0 amide bonds. The molecule has 2 aromatic rings. The van der Waals surface area contributed by atoms with Gasteiger partial charge in [0.25, 0.3) is 0 Å². The molecule has 18 heavy (non-hydrogen) atoms. The molecular formula is C13H8BrCl2FO. The van der Waals surface area contributed by atoms with Gasteiger partial charge in [-0.25, -0.2) is 4.39 Å². The van der Waals surface area contributed by atoms with E-state index < -0.39 is 5.82 Å². The molecule has 0 saturated heterocycles. The Morgan fingerprint density at radius 1 is 1.11 bits per heavy atom. The third-order valence-electron chi connectivity index (χ3n) is 2.33. The van der Waals surface area contributed by atoms with E-state index in [1.165, 1.54) is 18.2 Å². The maximum Gasteiger partial charge on any atom is 0.142 e. The van der Waals surface area contributed by atoms with Crippen molar-refractivity contribution < 1.29 is 9.13 Å². The zero-order chi connectivity index (χ0) is 13.1. The van der Waals surface area contributed by atoms with Crippen molar-refractivity contribution in [2.45, 2.75) is 5.33 Å². The van der Waals surface area contributed by atoms with E-state index >= 15 is 0 Å². The van der Waals surface area contributed by atoms with Crippen LogP contribution in [-0.4, -0.2) is 0 Å². The van der Waals surface area contributed by atoms with Crippen LogP contribution >= 0.6 is 39.1 Å². The molecule has 1 nitrogen and oxygen atoms in total. The molecule has 0 fully saturated rings. The van der Waals surface area contributed by atoms with Gasteiger partial charge < -0.3 is 4.74 Å². The van der Waals surface area contributed by atoms with Gasteiger partial charge in [0.2, 0.25) is 0 Å². The van der Waals surface area contributed by atoms with Crippen LogP contribution in [0.2, 0.25) is 10.0 Å². The minimum Gasteiger partial charge on any atom is -0.457 e. The summed E-state index contributed by atoms with van der Waals surface area (Å²) < 4.78 is 18.7. The van der Waals surface area contributed by atoms with E-state index in [0.717, 1.165) is 5.56 Å². The van der Waals surface area contributed by atoms with Crippen molar-refractivity contribution in [2.75, 3.05) is 0 Å². The first kappa shape index (κ1) is 13.7. The second-order valence-electron chi connectivity index (χ2n) is 3.53. The van der Waals surface area contributed by atoms with Crippen LogP contribution in [-0.2, 0) is 5.33 Å². The number of rotatable bonds is 3. The van der Waals surface area contributed by atoms with Gasteiger partial charge in [0.15, 0.2) is 0 Å². The van der Waals surface area contributed by atoms with Gasteiger partial charge in [-0.3, -0.25) is 0 Å². The molecule has 0 aliphatic carbocycles. The van der Waals surface area contributed by atoms with Crippen LogP contribution in [0.3, 0.4) is 0 Å². The molecule has 0 bridgehead atoms. The zero-order valence-electron chi connectivity index (χ0n) is 9.09. The highest BCUT2D eigenvalue weighted by molar-refractivity contribution is 9.08. The third-order valence-corrected chi connectivity index (χ3v) is 3.53. The van der Waals surface area contributed by atoms with Gasteiger partial charge in [-0.05, 0) is 24.3 Å². The van der Waals surface area contributed by atoms with Crippen LogP contribution in [0.5, 0.6) is 11.5 Å². The Bertz CT molecular complexity index is 575. The van der Waals surface area contributed by atoms with Crippen molar-refractivity contribution in [3.05, 3.63) is 57.8 Å². The van der Waals surface area contributed by atoms with Crippen LogP contribution in [0.15, 0.2) is 36.4 Å². The van der Waals surface area contributed by atoms with Crippen LogP contribution in [0.1, 0.15) is 5.56 Å². The molecule has 0 N–H and O–H groups in total. The number of ether oxygens (including phenoxy) is 1. The van der Waals surface area contributed by atoms with Crippen LogP contribution in [0.4, 0.5) is 4.39 Å². The first-order valence-electron chi connectivity index (χ1n) is 5.08. The van der Waals surface area contributed by atoms with Crippen LogP contribution < -0.4 is 4.74 Å². The van der Waals surface area contributed by atoms with Gasteiger partial charge in [-0.2, -0.15) is 0 Å². The van der Waals surface area contributed by atoms with Crippen molar-refractivity contribution in [3.63, 3.8) is 0 Å². The Morgan fingerprint density at radius 3 is 2.56 bits per heavy atom. The zero-order valence-corrected chi connectivity index (χ0v) is 12.2. The molecule has 0 unspecified atom stereocenters. The Balaban J connectivity index is 2.34. The van der Waals surface area contributed by atoms with Gasteiger partial charge in [0.05, 0.1) is 5.02 Å². The molecule has 0 aromatic heterocycles. The number of halogens is 4. The van der Waals surface area contributed by atoms with E-state index in [0.29, 0.717) is 21.9 Å². The minimum absolute atomic E-state index is 0.0231. The SMILES string of the molecule is Fc1ccc(Oc2cccc(Cl)c2CBr)cc1Cl. The molecule has 0 spiro atoms. The highest BCUT2D eigenvalue weighted by atomic mass is 79.9. The quantitative estimate of drug-likeness (QED) is 0.634. The molecule has 0 saturated carbocycles. The number of hydrogen-bond acceptors (Lipinski definition) is 1. The van der Waals surface area contributed by atoms with E-state index in [1.807, 2.05) is 0 Å². The molecule has 0 aliphatic rings. The van der Waals surface area contributed by atoms with E-state index in [-0.39, 0.29) is 5.02 Å². The van der Waals surface area contributed by atoms with Gasteiger partial charge in [0.1, 0.15) is 17.3 Å². The smallest absolute Gasteiger partial charge is 0.142 e. The topological polar surface area (TPSA) is 9.23 Å². The Kier molecular flexibility index (Phi) is 4.49. The maximum atomic E-state index is 13.0. The van der Waals surface area contributed by atoms with Gasteiger partial charge >= 0.3 is 0 Å². The summed E-state index contributed by atoms with van der Waals surface area (Å²) in [5.41, 5.74) is 0.833. The normalized spacial score (nSPS) is 10.4. The van der Waals surface area contributed by atoms with Gasteiger partial charge in [-0.15, -0.1) is 0 Å². The fourth-order valence-corrected chi connectivity index (χ4v) is 2.57. The summed E-state index contributed by atoms with van der Waals surface area (Å²) in [6.07, 6.45) is 0. The largest absolute Gasteiger partial charge is 0.457 e. The van der Waals surface area contributed by atoms with E-state index in [4.69, 9.17) is 27.9 Å². The Labute approximate surface area is 123 Å². The summed E-state index contributed by atoms with van der Waals surface area (Å²) in [6.45, 7) is 0. The second kappa shape index (κ2) is 5.91. The lowest BCUT2D eigenvalue weighted by atomic mass is 10.2. The summed E-state index contributed by atoms with van der Waals surface area (Å²) >= 11 is 15.1. The van der Waals surface area contributed by atoms with Crippen molar-refractivity contribution >= 4 is 39.1 Å². The van der Waals surface area contributed by atoms with Crippen molar-refractivity contribution in [1.82, 2.24) is 0 Å². The average molecular weight is 350 g/mol.